The Balaban J connectivity index is 1.38. The number of benzene rings is 3. The maximum atomic E-state index is 13.2. The lowest BCUT2D eigenvalue weighted by atomic mass is 9.90. The van der Waals surface area contributed by atoms with Gasteiger partial charge in [-0.15, -0.1) is 0 Å². The van der Waals surface area contributed by atoms with Gasteiger partial charge in [0, 0.05) is 13.1 Å². The van der Waals surface area contributed by atoms with Crippen LogP contribution in [0.5, 0.6) is 0 Å². The van der Waals surface area contributed by atoms with Gasteiger partial charge in [0.2, 0.25) is 0 Å². The predicted molar refractivity (Wildman–Crippen MR) is 169 cm³/mol. The van der Waals surface area contributed by atoms with Crippen molar-refractivity contribution in [1.82, 2.24) is 4.90 Å². The van der Waals surface area contributed by atoms with Crippen molar-refractivity contribution in [3.05, 3.63) is 102 Å². The zero-order valence-corrected chi connectivity index (χ0v) is 27.6. The highest BCUT2D eigenvalue weighted by Crippen LogP contribution is 2.46. The normalized spacial score (nSPS) is 28.0. The zero-order chi connectivity index (χ0) is 32.7. The van der Waals surface area contributed by atoms with Crippen molar-refractivity contribution in [2.24, 2.45) is 0 Å². The molecule has 46 heavy (non-hydrogen) atoms. The Morgan fingerprint density at radius 2 is 1.28 bits per heavy atom. The summed E-state index contributed by atoms with van der Waals surface area (Å²) in [5.41, 5.74) is 2.92. The Bertz CT molecular complexity index is 1530. The first kappa shape index (κ1) is 33.2. The molecule has 3 saturated heterocycles. The summed E-state index contributed by atoms with van der Waals surface area (Å²) in [4.78, 5) is 2.09. The van der Waals surface area contributed by atoms with Crippen LogP contribution in [0.4, 0.5) is 0 Å². The van der Waals surface area contributed by atoms with Crippen LogP contribution in [0.2, 0.25) is 0 Å². The third-order valence-electron chi connectivity index (χ3n) is 8.50. The fourth-order valence-corrected chi connectivity index (χ4v) is 7.45. The van der Waals surface area contributed by atoms with Crippen molar-refractivity contribution < 1.29 is 41.4 Å². The third kappa shape index (κ3) is 7.38. The van der Waals surface area contributed by atoms with Crippen LogP contribution >= 0.6 is 0 Å². The van der Waals surface area contributed by atoms with Crippen molar-refractivity contribution in [3.8, 4) is 0 Å². The molecule has 3 heterocycles. The molecule has 0 aromatic heterocycles. The zero-order valence-electron chi connectivity index (χ0n) is 26.8. The number of aryl methyl sites for hydroxylation is 1. The molecule has 11 heteroatoms. The molecule has 6 rings (SSSR count). The molecule has 0 spiro atoms. The van der Waals surface area contributed by atoms with Crippen LogP contribution in [0.25, 0.3) is 0 Å². The molecule has 248 valence electrons. The standard InChI is InChI=1S/C35H43NO9S/c1-23-16-18-26(19-17-23)46(38,39)40-22-27(37)28(36(20-24-12-8-6-9-13-24)21-25-14-10-7-11-15-25)29-30-31(43-34(2,3)42-30)32-33(41-29)45-35(4,5)44-32/h6-19,27-33,37H,20-22H2,1-5H3/t27-,28-,29-,30+,31+,32-,33-/m1/s1. The summed E-state index contributed by atoms with van der Waals surface area (Å²) in [6.07, 6.45) is -4.76. The van der Waals surface area contributed by atoms with Gasteiger partial charge in [-0.1, -0.05) is 78.4 Å². The molecule has 0 amide bonds. The van der Waals surface area contributed by atoms with Crippen LogP contribution < -0.4 is 0 Å². The summed E-state index contributed by atoms with van der Waals surface area (Å²) in [5.74, 6) is -1.90. The lowest BCUT2D eigenvalue weighted by Crippen LogP contribution is -2.64. The number of fused-ring (bicyclic) bond motifs is 3. The lowest BCUT2D eigenvalue weighted by molar-refractivity contribution is -0.255. The van der Waals surface area contributed by atoms with Crippen LogP contribution in [0.1, 0.15) is 44.4 Å². The van der Waals surface area contributed by atoms with Crippen molar-refractivity contribution >= 4 is 10.1 Å². The molecule has 3 aliphatic rings. The predicted octanol–water partition coefficient (Wildman–Crippen LogP) is 4.53. The maximum absolute atomic E-state index is 13.2. The van der Waals surface area contributed by atoms with E-state index in [0.29, 0.717) is 13.1 Å². The van der Waals surface area contributed by atoms with Gasteiger partial charge in [-0.3, -0.25) is 9.08 Å². The fraction of sp³-hybridized carbons (Fsp3) is 0.486. The highest BCUT2D eigenvalue weighted by molar-refractivity contribution is 7.86. The van der Waals surface area contributed by atoms with E-state index in [2.05, 4.69) is 4.90 Å². The van der Waals surface area contributed by atoms with Gasteiger partial charge in [0.1, 0.15) is 24.4 Å². The van der Waals surface area contributed by atoms with Gasteiger partial charge >= 0.3 is 0 Å². The lowest BCUT2D eigenvalue weighted by Gasteiger charge is -2.46. The third-order valence-corrected chi connectivity index (χ3v) is 9.80. The number of aliphatic hydroxyl groups is 1. The van der Waals surface area contributed by atoms with E-state index in [1.165, 1.54) is 12.1 Å². The summed E-state index contributed by atoms with van der Waals surface area (Å²) >= 11 is 0. The Morgan fingerprint density at radius 3 is 1.87 bits per heavy atom. The highest BCUT2D eigenvalue weighted by atomic mass is 32.2. The van der Waals surface area contributed by atoms with E-state index in [1.807, 2.05) is 95.3 Å². The van der Waals surface area contributed by atoms with Crippen molar-refractivity contribution in [3.63, 3.8) is 0 Å². The minimum Gasteiger partial charge on any atom is -0.389 e. The number of ether oxygens (including phenoxy) is 5. The van der Waals surface area contributed by atoms with E-state index in [9.17, 15) is 13.5 Å². The van der Waals surface area contributed by atoms with Crippen molar-refractivity contribution in [2.45, 2.75) is 107 Å². The smallest absolute Gasteiger partial charge is 0.297 e. The minimum atomic E-state index is -4.17. The average Bonchev–Trinajstić information content (AvgIpc) is 3.51. The first-order valence-electron chi connectivity index (χ1n) is 15.6. The van der Waals surface area contributed by atoms with E-state index >= 15 is 0 Å². The van der Waals surface area contributed by atoms with Crippen LogP contribution in [-0.4, -0.2) is 79.5 Å². The van der Waals surface area contributed by atoms with E-state index < -0.39 is 71.2 Å². The summed E-state index contributed by atoms with van der Waals surface area (Å²) in [7, 11) is -4.17. The van der Waals surface area contributed by atoms with Crippen molar-refractivity contribution in [2.75, 3.05) is 6.61 Å². The maximum Gasteiger partial charge on any atom is 0.297 e. The number of hydrogen-bond acceptors (Lipinski definition) is 10. The molecule has 3 fully saturated rings. The number of aliphatic hydroxyl groups excluding tert-OH is 1. The van der Waals surface area contributed by atoms with Gasteiger partial charge in [-0.25, -0.2) is 0 Å². The van der Waals surface area contributed by atoms with Crippen LogP contribution in [-0.2, 0) is 51.1 Å². The first-order chi connectivity index (χ1) is 21.8. The monoisotopic (exact) mass is 653 g/mol. The Labute approximate surface area is 271 Å². The molecule has 1 N–H and O–H groups in total. The van der Waals surface area contributed by atoms with E-state index in [4.69, 9.17) is 27.9 Å². The van der Waals surface area contributed by atoms with Crippen molar-refractivity contribution in [1.29, 1.82) is 0 Å². The van der Waals surface area contributed by atoms with Crippen LogP contribution in [0, 0.1) is 6.92 Å². The molecule has 3 aromatic carbocycles. The molecule has 3 aliphatic heterocycles. The van der Waals surface area contributed by atoms with Crippen LogP contribution in [0.15, 0.2) is 89.8 Å². The second-order valence-electron chi connectivity index (χ2n) is 13.1. The van der Waals surface area contributed by atoms with Crippen LogP contribution in [0.3, 0.4) is 0 Å². The van der Waals surface area contributed by atoms with Gasteiger partial charge < -0.3 is 28.8 Å². The average molecular weight is 654 g/mol. The minimum absolute atomic E-state index is 0.0112. The number of hydrogen-bond donors (Lipinski definition) is 1. The van der Waals surface area contributed by atoms with E-state index in [0.717, 1.165) is 16.7 Å². The summed E-state index contributed by atoms with van der Waals surface area (Å²) in [5, 5.41) is 12.1. The molecule has 0 radical (unpaired) electrons. The van der Waals surface area contributed by atoms with E-state index in [-0.39, 0.29) is 4.90 Å². The molecular weight excluding hydrogens is 610 g/mol. The molecule has 10 nitrogen and oxygen atoms in total. The van der Waals surface area contributed by atoms with Gasteiger partial charge in [-0.2, -0.15) is 8.42 Å². The Kier molecular flexibility index (Phi) is 9.43. The second kappa shape index (κ2) is 13.1. The quantitative estimate of drug-likeness (QED) is 0.296. The first-order valence-corrected chi connectivity index (χ1v) is 17.0. The SMILES string of the molecule is Cc1ccc(S(=O)(=O)OC[C@@H](O)[C@H]([C@H]2O[C@@H]3OC(C)(C)O[C@@H]3[C@H]3OC(C)(C)O[C@H]32)N(Cc2ccccc2)Cc2ccccc2)cc1. The van der Waals surface area contributed by atoms with E-state index in [1.54, 1.807) is 12.1 Å². The van der Waals surface area contributed by atoms with Gasteiger partial charge in [0.25, 0.3) is 10.1 Å². The van der Waals surface area contributed by atoms with Gasteiger partial charge in [0.15, 0.2) is 17.9 Å². The van der Waals surface area contributed by atoms with Gasteiger partial charge in [-0.05, 0) is 57.9 Å². The highest BCUT2D eigenvalue weighted by Gasteiger charge is 2.63. The summed E-state index contributed by atoms with van der Waals surface area (Å²) in [6, 6.07) is 25.3. The molecule has 7 atom stereocenters. The summed E-state index contributed by atoms with van der Waals surface area (Å²) < 4.78 is 63.9. The molecule has 0 bridgehead atoms. The second-order valence-corrected chi connectivity index (χ2v) is 14.7. The molecule has 0 aliphatic carbocycles. The molecular formula is C35H43NO9S. The summed E-state index contributed by atoms with van der Waals surface area (Å²) in [6.45, 7) is 9.47. The fourth-order valence-electron chi connectivity index (χ4n) is 6.52. The topological polar surface area (TPSA) is 113 Å². The number of rotatable bonds is 11. The Hall–Kier alpha value is -2.71. The molecule has 3 aromatic rings. The van der Waals surface area contributed by atoms with Gasteiger partial charge in [0.05, 0.1) is 23.6 Å². The largest absolute Gasteiger partial charge is 0.389 e. The molecule has 0 saturated carbocycles. The molecule has 0 unspecified atom stereocenters. The number of nitrogens with zero attached hydrogens (tertiary/aromatic N) is 1. The Morgan fingerprint density at radius 1 is 0.761 bits per heavy atom.